The van der Waals surface area contributed by atoms with E-state index in [1.54, 1.807) is 7.05 Å². The summed E-state index contributed by atoms with van der Waals surface area (Å²) in [6.45, 7) is 0. The molecule has 0 atom stereocenters. The standard InChI is InChI=1S/C10H12F3N3OS2/c1-14-9-7(5-15-17-2)19-10(16-9)18-4-3-6(11)8(12)13/h5,14H,3-4H2,1-2H3. The summed E-state index contributed by atoms with van der Waals surface area (Å²) in [6.07, 6.45) is -1.08. The molecule has 106 valence electrons. The third-order valence-corrected chi connectivity index (χ3v) is 4.03. The highest BCUT2D eigenvalue weighted by molar-refractivity contribution is 8.01. The molecule has 0 spiro atoms. The van der Waals surface area contributed by atoms with Crippen LogP contribution in [0.25, 0.3) is 0 Å². The van der Waals surface area contributed by atoms with E-state index < -0.39 is 11.9 Å². The van der Waals surface area contributed by atoms with Gasteiger partial charge in [0.05, 0.1) is 11.1 Å². The SMILES string of the molecule is CNc1nc(SCCC(F)=C(F)F)sc1C=NOC. The molecule has 0 aromatic carbocycles. The average Bonchev–Trinajstić information content (AvgIpc) is 2.78. The van der Waals surface area contributed by atoms with Gasteiger partial charge in [-0.25, -0.2) is 9.37 Å². The fourth-order valence-electron chi connectivity index (χ4n) is 1.06. The van der Waals surface area contributed by atoms with Crippen molar-refractivity contribution in [2.24, 2.45) is 5.16 Å². The molecule has 1 rings (SSSR count). The number of hydrogen-bond acceptors (Lipinski definition) is 6. The van der Waals surface area contributed by atoms with E-state index in [-0.39, 0.29) is 12.2 Å². The largest absolute Gasteiger partial charge is 0.399 e. The molecule has 1 heterocycles. The number of thiazole rings is 1. The molecule has 0 fully saturated rings. The Morgan fingerprint density at radius 2 is 2.26 bits per heavy atom. The Morgan fingerprint density at radius 1 is 1.53 bits per heavy atom. The molecule has 0 amide bonds. The molecule has 0 aliphatic carbocycles. The van der Waals surface area contributed by atoms with Crippen molar-refractivity contribution in [2.75, 3.05) is 25.2 Å². The number of anilines is 1. The Morgan fingerprint density at radius 3 is 2.84 bits per heavy atom. The number of nitrogens with zero attached hydrogens (tertiary/aromatic N) is 2. The number of aromatic nitrogens is 1. The van der Waals surface area contributed by atoms with Crippen LogP contribution in [0.1, 0.15) is 11.3 Å². The normalized spacial score (nSPS) is 10.8. The van der Waals surface area contributed by atoms with Crippen molar-refractivity contribution in [3.63, 3.8) is 0 Å². The van der Waals surface area contributed by atoms with Gasteiger partial charge in [0.25, 0.3) is 0 Å². The molecule has 0 bridgehead atoms. The fourth-order valence-corrected chi connectivity index (χ4v) is 3.09. The minimum absolute atomic E-state index is 0.195. The lowest BCUT2D eigenvalue weighted by Crippen LogP contribution is -1.92. The quantitative estimate of drug-likeness (QED) is 0.473. The number of rotatable bonds is 7. The van der Waals surface area contributed by atoms with Crippen LogP contribution in [0.3, 0.4) is 0 Å². The number of hydrogen-bond donors (Lipinski definition) is 1. The molecule has 1 aromatic rings. The monoisotopic (exact) mass is 311 g/mol. The van der Waals surface area contributed by atoms with Crippen LogP contribution < -0.4 is 5.32 Å². The van der Waals surface area contributed by atoms with Crippen LogP contribution >= 0.6 is 23.1 Å². The number of halogens is 3. The van der Waals surface area contributed by atoms with Gasteiger partial charge in [0.1, 0.15) is 12.9 Å². The van der Waals surface area contributed by atoms with Crippen molar-refractivity contribution < 1.29 is 18.0 Å². The summed E-state index contributed by atoms with van der Waals surface area (Å²) in [6, 6.07) is 0. The fraction of sp³-hybridized carbons (Fsp3) is 0.400. The zero-order chi connectivity index (χ0) is 14.3. The van der Waals surface area contributed by atoms with E-state index in [9.17, 15) is 13.2 Å². The average molecular weight is 311 g/mol. The predicted molar refractivity (Wildman–Crippen MR) is 72.0 cm³/mol. The second-order valence-electron chi connectivity index (χ2n) is 3.12. The molecule has 0 radical (unpaired) electrons. The lowest BCUT2D eigenvalue weighted by molar-refractivity contribution is 0.215. The van der Waals surface area contributed by atoms with Crippen molar-refractivity contribution in [1.29, 1.82) is 0 Å². The van der Waals surface area contributed by atoms with Gasteiger partial charge < -0.3 is 10.2 Å². The van der Waals surface area contributed by atoms with Crippen molar-refractivity contribution in [3.8, 4) is 0 Å². The molecule has 4 nitrogen and oxygen atoms in total. The minimum atomic E-state index is -2.26. The van der Waals surface area contributed by atoms with E-state index in [2.05, 4.69) is 20.3 Å². The minimum Gasteiger partial charge on any atom is -0.399 e. The number of oxime groups is 1. The van der Waals surface area contributed by atoms with E-state index in [0.29, 0.717) is 10.2 Å². The second kappa shape index (κ2) is 8.05. The zero-order valence-electron chi connectivity index (χ0n) is 10.2. The van der Waals surface area contributed by atoms with Crippen LogP contribution in [0.5, 0.6) is 0 Å². The molecule has 19 heavy (non-hydrogen) atoms. The molecule has 1 aromatic heterocycles. The van der Waals surface area contributed by atoms with E-state index in [1.807, 2.05) is 0 Å². The van der Waals surface area contributed by atoms with E-state index in [0.717, 1.165) is 4.88 Å². The van der Waals surface area contributed by atoms with Gasteiger partial charge in [-0.15, -0.1) is 11.3 Å². The summed E-state index contributed by atoms with van der Waals surface area (Å²) in [4.78, 5) is 9.54. The first kappa shape index (κ1) is 15.8. The molecule has 0 aliphatic heterocycles. The molecule has 1 N–H and O–H groups in total. The Bertz CT molecular complexity index is 473. The first-order valence-electron chi connectivity index (χ1n) is 5.16. The van der Waals surface area contributed by atoms with Crippen LogP contribution in [-0.2, 0) is 4.84 Å². The maximum absolute atomic E-state index is 12.6. The third-order valence-electron chi connectivity index (χ3n) is 1.90. The molecular weight excluding hydrogens is 299 g/mol. The van der Waals surface area contributed by atoms with Gasteiger partial charge in [0.2, 0.25) is 0 Å². The van der Waals surface area contributed by atoms with Crippen LogP contribution in [0, 0.1) is 0 Å². The van der Waals surface area contributed by atoms with Crippen molar-refractivity contribution >= 4 is 35.1 Å². The summed E-state index contributed by atoms with van der Waals surface area (Å²) >= 11 is 2.53. The molecular formula is C10H12F3N3OS2. The van der Waals surface area contributed by atoms with E-state index in [4.69, 9.17) is 0 Å². The van der Waals surface area contributed by atoms with Gasteiger partial charge in [0.15, 0.2) is 10.2 Å². The summed E-state index contributed by atoms with van der Waals surface area (Å²) in [5.74, 6) is -0.569. The Hall–Kier alpha value is -1.22. The van der Waals surface area contributed by atoms with Gasteiger partial charge in [-0.3, -0.25) is 0 Å². The predicted octanol–water partition coefficient (Wildman–Crippen LogP) is 3.72. The smallest absolute Gasteiger partial charge is 0.301 e. The van der Waals surface area contributed by atoms with Crippen LogP contribution in [-0.4, -0.2) is 31.1 Å². The molecule has 0 saturated heterocycles. The summed E-state index contributed by atoms with van der Waals surface area (Å²) in [7, 11) is 3.13. The number of nitrogens with one attached hydrogen (secondary N) is 1. The molecule has 0 unspecified atom stereocenters. The first-order chi connectivity index (χ1) is 9.08. The molecule has 0 aliphatic rings. The highest BCUT2D eigenvalue weighted by Crippen LogP contribution is 2.30. The number of allylic oxidation sites excluding steroid dienone is 1. The Balaban J connectivity index is 2.62. The summed E-state index contributed by atoms with van der Waals surface area (Å²) in [5, 5.41) is 6.50. The third kappa shape index (κ3) is 5.11. The van der Waals surface area contributed by atoms with E-state index >= 15 is 0 Å². The van der Waals surface area contributed by atoms with Crippen molar-refractivity contribution in [3.05, 3.63) is 16.8 Å². The topological polar surface area (TPSA) is 46.5 Å². The highest BCUT2D eigenvalue weighted by atomic mass is 32.2. The van der Waals surface area contributed by atoms with Crippen molar-refractivity contribution in [2.45, 2.75) is 10.8 Å². The van der Waals surface area contributed by atoms with Crippen LogP contribution in [0.4, 0.5) is 19.0 Å². The van der Waals surface area contributed by atoms with Gasteiger partial charge in [0, 0.05) is 19.2 Å². The highest BCUT2D eigenvalue weighted by Gasteiger charge is 2.10. The Labute approximate surface area is 116 Å². The maximum atomic E-state index is 12.6. The Kier molecular flexibility index (Phi) is 6.71. The summed E-state index contributed by atoms with van der Waals surface area (Å²) in [5.41, 5.74) is 0. The maximum Gasteiger partial charge on any atom is 0.301 e. The van der Waals surface area contributed by atoms with Gasteiger partial charge in [-0.1, -0.05) is 16.9 Å². The van der Waals surface area contributed by atoms with Crippen molar-refractivity contribution in [1.82, 2.24) is 4.98 Å². The second-order valence-corrected chi connectivity index (χ2v) is 5.50. The first-order valence-corrected chi connectivity index (χ1v) is 6.96. The van der Waals surface area contributed by atoms with Gasteiger partial charge >= 0.3 is 6.08 Å². The zero-order valence-corrected chi connectivity index (χ0v) is 11.9. The van der Waals surface area contributed by atoms with Crippen LogP contribution in [0.15, 0.2) is 21.4 Å². The molecule has 0 saturated carbocycles. The van der Waals surface area contributed by atoms with Gasteiger partial charge in [-0.2, -0.15) is 8.78 Å². The number of thioether (sulfide) groups is 1. The summed E-state index contributed by atoms with van der Waals surface area (Å²) < 4.78 is 37.0. The van der Waals surface area contributed by atoms with E-state index in [1.165, 1.54) is 36.4 Å². The van der Waals surface area contributed by atoms with Crippen LogP contribution in [0.2, 0.25) is 0 Å². The lowest BCUT2D eigenvalue weighted by atomic mass is 10.4. The lowest BCUT2D eigenvalue weighted by Gasteiger charge is -1.95. The molecule has 9 heteroatoms. The van der Waals surface area contributed by atoms with Gasteiger partial charge in [-0.05, 0) is 0 Å².